The average molecular weight is 449 g/mol. The SMILES string of the molecule is O=C(Cc1cccc(F)c1)N1CCN(C(=O)c2nnn3c2COC(c2ccccc2)C3)CC1. The molecule has 1 fully saturated rings. The van der Waals surface area contributed by atoms with Gasteiger partial charge in [-0.15, -0.1) is 5.10 Å². The molecule has 2 aliphatic heterocycles. The van der Waals surface area contributed by atoms with Gasteiger partial charge in [0, 0.05) is 26.2 Å². The second kappa shape index (κ2) is 9.11. The quantitative estimate of drug-likeness (QED) is 0.610. The van der Waals surface area contributed by atoms with E-state index in [0.717, 1.165) is 5.56 Å². The second-order valence-corrected chi connectivity index (χ2v) is 8.26. The molecule has 1 unspecified atom stereocenters. The van der Waals surface area contributed by atoms with Crippen molar-refractivity contribution < 1.29 is 18.7 Å². The molecule has 170 valence electrons. The molecule has 9 heteroatoms. The van der Waals surface area contributed by atoms with E-state index in [9.17, 15) is 14.0 Å². The van der Waals surface area contributed by atoms with Crippen molar-refractivity contribution in [3.8, 4) is 0 Å². The minimum Gasteiger partial charge on any atom is -0.365 e. The Morgan fingerprint density at radius 3 is 2.52 bits per heavy atom. The maximum Gasteiger partial charge on any atom is 0.276 e. The van der Waals surface area contributed by atoms with Crippen molar-refractivity contribution in [1.82, 2.24) is 24.8 Å². The molecule has 33 heavy (non-hydrogen) atoms. The third kappa shape index (κ3) is 4.49. The lowest BCUT2D eigenvalue weighted by Crippen LogP contribution is -2.51. The Bertz CT molecular complexity index is 1160. The van der Waals surface area contributed by atoms with Crippen LogP contribution in [0, 0.1) is 5.82 Å². The maximum absolute atomic E-state index is 13.4. The van der Waals surface area contributed by atoms with Gasteiger partial charge in [0.05, 0.1) is 25.3 Å². The molecule has 3 aromatic rings. The molecule has 0 radical (unpaired) electrons. The number of halogens is 1. The molecule has 2 aromatic carbocycles. The molecule has 2 amide bonds. The van der Waals surface area contributed by atoms with Crippen LogP contribution in [0.4, 0.5) is 4.39 Å². The van der Waals surface area contributed by atoms with Crippen LogP contribution in [0.25, 0.3) is 0 Å². The van der Waals surface area contributed by atoms with E-state index in [1.54, 1.807) is 26.6 Å². The van der Waals surface area contributed by atoms with Crippen molar-refractivity contribution in [2.75, 3.05) is 26.2 Å². The number of nitrogens with zero attached hydrogens (tertiary/aromatic N) is 5. The summed E-state index contributed by atoms with van der Waals surface area (Å²) in [6.07, 6.45) is 0.0143. The fourth-order valence-electron chi connectivity index (χ4n) is 4.29. The monoisotopic (exact) mass is 449 g/mol. The predicted octanol–water partition coefficient (Wildman–Crippen LogP) is 2.22. The Morgan fingerprint density at radius 2 is 1.76 bits per heavy atom. The van der Waals surface area contributed by atoms with Crippen LogP contribution >= 0.6 is 0 Å². The molecule has 0 saturated carbocycles. The number of hydrogen-bond donors (Lipinski definition) is 0. The van der Waals surface area contributed by atoms with Gasteiger partial charge in [0.25, 0.3) is 5.91 Å². The second-order valence-electron chi connectivity index (χ2n) is 8.26. The largest absolute Gasteiger partial charge is 0.365 e. The highest BCUT2D eigenvalue weighted by molar-refractivity contribution is 5.93. The Morgan fingerprint density at radius 1 is 1.00 bits per heavy atom. The van der Waals surface area contributed by atoms with Gasteiger partial charge in [-0.05, 0) is 23.3 Å². The lowest BCUT2D eigenvalue weighted by atomic mass is 10.1. The minimum absolute atomic E-state index is 0.0749. The van der Waals surface area contributed by atoms with E-state index in [1.807, 2.05) is 30.3 Å². The molecule has 5 rings (SSSR count). The van der Waals surface area contributed by atoms with Gasteiger partial charge < -0.3 is 14.5 Å². The van der Waals surface area contributed by atoms with Crippen molar-refractivity contribution in [1.29, 1.82) is 0 Å². The first kappa shape index (κ1) is 21.3. The van der Waals surface area contributed by atoms with Gasteiger partial charge in [-0.2, -0.15) is 0 Å². The van der Waals surface area contributed by atoms with Crippen LogP contribution in [0.5, 0.6) is 0 Å². The molecule has 1 aromatic heterocycles. The van der Waals surface area contributed by atoms with E-state index in [-0.39, 0.29) is 36.8 Å². The van der Waals surface area contributed by atoms with Crippen molar-refractivity contribution in [3.05, 3.63) is 82.9 Å². The average Bonchev–Trinajstić information content (AvgIpc) is 3.27. The van der Waals surface area contributed by atoms with Gasteiger partial charge >= 0.3 is 0 Å². The topological polar surface area (TPSA) is 80.6 Å². The highest BCUT2D eigenvalue weighted by Gasteiger charge is 2.32. The lowest BCUT2D eigenvalue weighted by molar-refractivity contribution is -0.131. The summed E-state index contributed by atoms with van der Waals surface area (Å²) in [5.41, 5.74) is 2.69. The van der Waals surface area contributed by atoms with Crippen molar-refractivity contribution >= 4 is 11.8 Å². The van der Waals surface area contributed by atoms with Crippen LogP contribution in [-0.4, -0.2) is 62.8 Å². The van der Waals surface area contributed by atoms with Gasteiger partial charge in [0.2, 0.25) is 5.91 Å². The molecule has 1 saturated heterocycles. The summed E-state index contributed by atoms with van der Waals surface area (Å²) < 4.78 is 21.1. The lowest BCUT2D eigenvalue weighted by Gasteiger charge is -2.34. The predicted molar refractivity (Wildman–Crippen MR) is 117 cm³/mol. The first-order valence-corrected chi connectivity index (χ1v) is 11.0. The molecule has 0 spiro atoms. The molecule has 0 bridgehead atoms. The highest BCUT2D eigenvalue weighted by atomic mass is 19.1. The van der Waals surface area contributed by atoms with Crippen LogP contribution in [0.15, 0.2) is 54.6 Å². The number of carbonyl (C=O) groups is 2. The fraction of sp³-hybridized carbons (Fsp3) is 0.333. The van der Waals surface area contributed by atoms with Crippen molar-refractivity contribution in [2.45, 2.75) is 25.7 Å². The number of rotatable bonds is 4. The summed E-state index contributed by atoms with van der Waals surface area (Å²) in [7, 11) is 0. The number of ether oxygens (including phenoxy) is 1. The normalized spacial score (nSPS) is 18.2. The zero-order valence-electron chi connectivity index (χ0n) is 18.1. The summed E-state index contributed by atoms with van der Waals surface area (Å²) in [4.78, 5) is 29.1. The third-order valence-corrected chi connectivity index (χ3v) is 6.14. The van der Waals surface area contributed by atoms with Crippen LogP contribution in [-0.2, 0) is 29.1 Å². The van der Waals surface area contributed by atoms with E-state index in [0.29, 0.717) is 49.7 Å². The number of hydrogen-bond acceptors (Lipinski definition) is 5. The van der Waals surface area contributed by atoms with Crippen LogP contribution in [0.1, 0.15) is 33.4 Å². The molecule has 1 atom stereocenters. The van der Waals surface area contributed by atoms with E-state index in [2.05, 4.69) is 10.3 Å². The fourth-order valence-corrected chi connectivity index (χ4v) is 4.29. The summed E-state index contributed by atoms with van der Waals surface area (Å²) in [6.45, 7) is 2.44. The number of fused-ring (bicyclic) bond motifs is 1. The summed E-state index contributed by atoms with van der Waals surface area (Å²) in [5.74, 6) is -0.629. The van der Waals surface area contributed by atoms with E-state index >= 15 is 0 Å². The van der Waals surface area contributed by atoms with Gasteiger partial charge in [-0.3, -0.25) is 9.59 Å². The Labute approximate surface area is 190 Å². The van der Waals surface area contributed by atoms with Crippen LogP contribution in [0.3, 0.4) is 0 Å². The zero-order chi connectivity index (χ0) is 22.8. The molecule has 2 aliphatic rings. The van der Waals surface area contributed by atoms with Crippen LogP contribution in [0.2, 0.25) is 0 Å². The summed E-state index contributed by atoms with van der Waals surface area (Å²) >= 11 is 0. The van der Waals surface area contributed by atoms with E-state index < -0.39 is 0 Å². The molecule has 0 N–H and O–H groups in total. The molecule has 3 heterocycles. The number of aromatic nitrogens is 3. The van der Waals surface area contributed by atoms with Gasteiger partial charge in [-0.25, -0.2) is 9.07 Å². The van der Waals surface area contributed by atoms with Crippen molar-refractivity contribution in [2.24, 2.45) is 0 Å². The first-order valence-electron chi connectivity index (χ1n) is 11.0. The number of amides is 2. The highest BCUT2D eigenvalue weighted by Crippen LogP contribution is 2.27. The van der Waals surface area contributed by atoms with Gasteiger partial charge in [-0.1, -0.05) is 47.7 Å². The summed E-state index contributed by atoms with van der Waals surface area (Å²) in [5, 5.41) is 8.33. The number of benzene rings is 2. The van der Waals surface area contributed by atoms with E-state index in [1.165, 1.54) is 12.1 Å². The Balaban J connectivity index is 1.19. The molecule has 0 aliphatic carbocycles. The van der Waals surface area contributed by atoms with Crippen molar-refractivity contribution in [3.63, 3.8) is 0 Å². The zero-order valence-corrected chi connectivity index (χ0v) is 18.1. The third-order valence-electron chi connectivity index (χ3n) is 6.14. The maximum atomic E-state index is 13.4. The smallest absolute Gasteiger partial charge is 0.276 e. The van der Waals surface area contributed by atoms with Crippen LogP contribution < -0.4 is 0 Å². The Kier molecular flexibility index (Phi) is 5.87. The number of carbonyl (C=O) groups excluding carboxylic acids is 2. The minimum atomic E-state index is -0.355. The Hall–Kier alpha value is -3.59. The first-order chi connectivity index (χ1) is 16.1. The van der Waals surface area contributed by atoms with E-state index in [4.69, 9.17) is 4.74 Å². The van der Waals surface area contributed by atoms with Gasteiger partial charge in [0.1, 0.15) is 11.9 Å². The molecule has 8 nitrogen and oxygen atoms in total. The molecular weight excluding hydrogens is 425 g/mol. The standard InChI is InChI=1S/C24H24FN5O3/c25-19-8-4-5-17(13-19)14-22(31)28-9-11-29(12-10-28)24(32)23-20-16-33-21(15-30(20)27-26-23)18-6-2-1-3-7-18/h1-8,13,21H,9-12,14-16H2. The van der Waals surface area contributed by atoms with Gasteiger partial charge in [0.15, 0.2) is 5.69 Å². The molecular formula is C24H24FN5O3. The number of piperazine rings is 1. The summed E-state index contributed by atoms with van der Waals surface area (Å²) in [6, 6.07) is 16.0.